The number of nitrogens with zero attached hydrogens (tertiary/aromatic N) is 2. The van der Waals surface area contributed by atoms with Gasteiger partial charge in [-0.3, -0.25) is 0 Å². The van der Waals surface area contributed by atoms with E-state index in [0.29, 0.717) is 0 Å². The van der Waals surface area contributed by atoms with Crippen LogP contribution in [0.2, 0.25) is 0 Å². The van der Waals surface area contributed by atoms with E-state index in [9.17, 15) is 0 Å². The summed E-state index contributed by atoms with van der Waals surface area (Å²) >= 11 is 0. The van der Waals surface area contributed by atoms with Crippen LogP contribution in [0.5, 0.6) is 0 Å². The highest BCUT2D eigenvalue weighted by Gasteiger charge is 2.31. The van der Waals surface area contributed by atoms with Crippen molar-refractivity contribution in [3.05, 3.63) is 23.9 Å². The molecule has 2 fully saturated rings. The first kappa shape index (κ1) is 11.9. The summed E-state index contributed by atoms with van der Waals surface area (Å²) in [7, 11) is 0. The first-order valence-electron chi connectivity index (χ1n) is 6.75. The van der Waals surface area contributed by atoms with Gasteiger partial charge in [-0.05, 0) is 31.9 Å². The van der Waals surface area contributed by atoms with E-state index in [4.69, 9.17) is 9.47 Å². The Hall–Kier alpha value is -1.13. The molecule has 2 aliphatic rings. The van der Waals surface area contributed by atoms with Crippen molar-refractivity contribution in [1.29, 1.82) is 0 Å². The zero-order chi connectivity index (χ0) is 12.4. The number of ether oxygens (including phenoxy) is 2. The van der Waals surface area contributed by atoms with E-state index < -0.39 is 0 Å². The fraction of sp³-hybridized carbons (Fsp3) is 0.643. The minimum atomic E-state index is 0.198. The van der Waals surface area contributed by atoms with E-state index in [2.05, 4.69) is 22.0 Å². The Morgan fingerprint density at radius 3 is 2.89 bits per heavy atom. The molecule has 18 heavy (non-hydrogen) atoms. The van der Waals surface area contributed by atoms with Crippen LogP contribution in [0, 0.1) is 6.92 Å². The Morgan fingerprint density at radius 2 is 2.11 bits per heavy atom. The van der Waals surface area contributed by atoms with Gasteiger partial charge >= 0.3 is 0 Å². The number of hydrogen-bond donors (Lipinski definition) is 0. The normalized spacial score (nSPS) is 28.6. The lowest BCUT2D eigenvalue weighted by Crippen LogP contribution is -2.48. The molecule has 98 valence electrons. The van der Waals surface area contributed by atoms with Crippen molar-refractivity contribution in [2.24, 2.45) is 0 Å². The van der Waals surface area contributed by atoms with Gasteiger partial charge in [0.05, 0.1) is 12.7 Å². The number of hydrogen-bond acceptors (Lipinski definition) is 4. The van der Waals surface area contributed by atoms with Crippen LogP contribution in [0.15, 0.2) is 18.2 Å². The van der Waals surface area contributed by atoms with Crippen LogP contribution < -0.4 is 4.90 Å². The van der Waals surface area contributed by atoms with E-state index in [1.54, 1.807) is 0 Å². The Bertz CT molecular complexity index is 405. The number of pyridine rings is 1. The summed E-state index contributed by atoms with van der Waals surface area (Å²) in [4.78, 5) is 6.90. The summed E-state index contributed by atoms with van der Waals surface area (Å²) in [5.74, 6) is 1.06. The lowest BCUT2D eigenvalue weighted by Gasteiger charge is -2.36. The molecule has 0 unspecified atom stereocenters. The van der Waals surface area contributed by atoms with Crippen LogP contribution >= 0.6 is 0 Å². The molecule has 0 saturated carbocycles. The molecule has 1 aromatic rings. The Kier molecular flexibility index (Phi) is 3.48. The molecule has 0 spiro atoms. The van der Waals surface area contributed by atoms with Crippen LogP contribution in [0.25, 0.3) is 0 Å². The maximum absolute atomic E-state index is 5.85. The molecule has 2 aliphatic heterocycles. The SMILES string of the molecule is Cc1cccc(N2CCO[C@@H]([C@H]3CCCO3)C2)n1. The van der Waals surface area contributed by atoms with Crippen molar-refractivity contribution in [1.82, 2.24) is 4.98 Å². The largest absolute Gasteiger partial charge is 0.375 e. The second-order valence-electron chi connectivity index (χ2n) is 5.04. The molecule has 1 aromatic heterocycles. The average molecular weight is 248 g/mol. The molecule has 4 heteroatoms. The molecule has 4 nitrogen and oxygen atoms in total. The van der Waals surface area contributed by atoms with Crippen LogP contribution in [-0.2, 0) is 9.47 Å². The summed E-state index contributed by atoms with van der Waals surface area (Å²) in [5.41, 5.74) is 1.06. The smallest absolute Gasteiger partial charge is 0.128 e. The number of morpholine rings is 1. The van der Waals surface area contributed by atoms with Gasteiger partial charge in [-0.25, -0.2) is 4.98 Å². The Balaban J connectivity index is 1.69. The summed E-state index contributed by atoms with van der Waals surface area (Å²) < 4.78 is 11.6. The highest BCUT2D eigenvalue weighted by Crippen LogP contribution is 2.23. The van der Waals surface area contributed by atoms with Crippen LogP contribution in [-0.4, -0.2) is 43.5 Å². The van der Waals surface area contributed by atoms with E-state index in [1.165, 1.54) is 0 Å². The van der Waals surface area contributed by atoms with E-state index in [-0.39, 0.29) is 12.2 Å². The van der Waals surface area contributed by atoms with Crippen LogP contribution in [0.1, 0.15) is 18.5 Å². The van der Waals surface area contributed by atoms with Crippen molar-refractivity contribution in [3.63, 3.8) is 0 Å². The molecule has 0 aromatic carbocycles. The van der Waals surface area contributed by atoms with E-state index in [0.717, 1.165) is 50.7 Å². The quantitative estimate of drug-likeness (QED) is 0.799. The number of aryl methyl sites for hydroxylation is 1. The molecule has 3 rings (SSSR count). The molecule has 3 heterocycles. The van der Waals surface area contributed by atoms with Gasteiger partial charge in [0, 0.05) is 25.4 Å². The zero-order valence-corrected chi connectivity index (χ0v) is 10.8. The van der Waals surface area contributed by atoms with Gasteiger partial charge in [0.1, 0.15) is 11.9 Å². The summed E-state index contributed by atoms with van der Waals surface area (Å²) in [6.07, 6.45) is 2.76. The van der Waals surface area contributed by atoms with Crippen molar-refractivity contribution in [2.45, 2.75) is 32.0 Å². The standard InChI is InChI=1S/C14H20N2O2/c1-11-4-2-6-14(15-11)16-7-9-18-13(10-16)12-5-3-8-17-12/h2,4,6,12-13H,3,5,7-10H2,1H3/t12-,13-/m1/s1. The van der Waals surface area contributed by atoms with Gasteiger partial charge in [-0.2, -0.15) is 0 Å². The monoisotopic (exact) mass is 248 g/mol. The fourth-order valence-corrected chi connectivity index (χ4v) is 2.71. The van der Waals surface area contributed by atoms with Crippen molar-refractivity contribution >= 4 is 5.82 Å². The second-order valence-corrected chi connectivity index (χ2v) is 5.04. The third-order valence-corrected chi connectivity index (χ3v) is 3.67. The lowest BCUT2D eigenvalue weighted by atomic mass is 10.1. The van der Waals surface area contributed by atoms with Crippen molar-refractivity contribution in [3.8, 4) is 0 Å². The molecule has 0 amide bonds. The summed E-state index contributed by atoms with van der Waals surface area (Å²) in [6.45, 7) is 5.48. The van der Waals surface area contributed by atoms with Crippen molar-refractivity contribution in [2.75, 3.05) is 31.2 Å². The van der Waals surface area contributed by atoms with Gasteiger partial charge < -0.3 is 14.4 Å². The maximum atomic E-state index is 5.85. The van der Waals surface area contributed by atoms with E-state index >= 15 is 0 Å². The minimum absolute atomic E-state index is 0.198. The summed E-state index contributed by atoms with van der Waals surface area (Å²) in [6, 6.07) is 6.17. The molecular weight excluding hydrogens is 228 g/mol. The van der Waals surface area contributed by atoms with Gasteiger partial charge in [0.2, 0.25) is 0 Å². The lowest BCUT2D eigenvalue weighted by molar-refractivity contribution is -0.0544. The average Bonchev–Trinajstić information content (AvgIpc) is 2.93. The molecule has 2 saturated heterocycles. The first-order chi connectivity index (χ1) is 8.83. The third kappa shape index (κ3) is 2.49. The molecule has 0 N–H and O–H groups in total. The molecule has 2 atom stereocenters. The Labute approximate surface area is 108 Å². The molecule has 0 radical (unpaired) electrons. The highest BCUT2D eigenvalue weighted by molar-refractivity contribution is 5.39. The number of anilines is 1. The van der Waals surface area contributed by atoms with Gasteiger partial charge in [-0.1, -0.05) is 6.07 Å². The van der Waals surface area contributed by atoms with Crippen molar-refractivity contribution < 1.29 is 9.47 Å². The molecular formula is C14H20N2O2. The maximum Gasteiger partial charge on any atom is 0.128 e. The third-order valence-electron chi connectivity index (χ3n) is 3.67. The topological polar surface area (TPSA) is 34.6 Å². The van der Waals surface area contributed by atoms with Gasteiger partial charge in [-0.15, -0.1) is 0 Å². The first-order valence-corrected chi connectivity index (χ1v) is 6.75. The molecule has 0 bridgehead atoms. The number of aromatic nitrogens is 1. The predicted octanol–water partition coefficient (Wildman–Crippen LogP) is 1.77. The second kappa shape index (κ2) is 5.24. The molecule has 0 aliphatic carbocycles. The predicted molar refractivity (Wildman–Crippen MR) is 69.9 cm³/mol. The highest BCUT2D eigenvalue weighted by atomic mass is 16.5. The van der Waals surface area contributed by atoms with Gasteiger partial charge in [0.25, 0.3) is 0 Å². The number of rotatable bonds is 2. The Morgan fingerprint density at radius 1 is 1.22 bits per heavy atom. The van der Waals surface area contributed by atoms with E-state index in [1.807, 2.05) is 13.0 Å². The van der Waals surface area contributed by atoms with Gasteiger partial charge in [0.15, 0.2) is 0 Å². The fourth-order valence-electron chi connectivity index (χ4n) is 2.71. The van der Waals surface area contributed by atoms with Crippen LogP contribution in [0.3, 0.4) is 0 Å². The zero-order valence-electron chi connectivity index (χ0n) is 10.8. The summed E-state index contributed by atoms with van der Waals surface area (Å²) in [5, 5.41) is 0. The van der Waals surface area contributed by atoms with Crippen LogP contribution in [0.4, 0.5) is 5.82 Å². The minimum Gasteiger partial charge on any atom is -0.375 e.